The largest absolute Gasteiger partial charge is 0.361 e. The lowest BCUT2D eigenvalue weighted by Crippen LogP contribution is -2.41. The first-order chi connectivity index (χ1) is 15.4. The second-order valence-electron chi connectivity index (χ2n) is 8.30. The van der Waals surface area contributed by atoms with E-state index in [1.165, 1.54) is 18.2 Å². The van der Waals surface area contributed by atoms with Crippen molar-refractivity contribution in [1.82, 2.24) is 15.2 Å². The number of aromatic amines is 1. The molecule has 1 saturated heterocycles. The fourth-order valence-corrected chi connectivity index (χ4v) is 4.76. The summed E-state index contributed by atoms with van der Waals surface area (Å²) in [6.45, 7) is 3.09. The SMILES string of the molecule is O=C(c1cc(Cl)c(F)c(Cl)c1)N1CCC(CNCCCc2c[nH]c3ccc(F)cc23)CC1. The highest BCUT2D eigenvalue weighted by Gasteiger charge is 2.24. The number of benzene rings is 2. The van der Waals surface area contributed by atoms with Crippen molar-refractivity contribution >= 4 is 40.0 Å². The van der Waals surface area contributed by atoms with Crippen LogP contribution in [-0.4, -0.2) is 42.0 Å². The lowest BCUT2D eigenvalue weighted by atomic mass is 9.96. The minimum Gasteiger partial charge on any atom is -0.361 e. The molecule has 32 heavy (non-hydrogen) atoms. The molecule has 170 valence electrons. The van der Waals surface area contributed by atoms with Gasteiger partial charge in [0, 0.05) is 35.8 Å². The first-order valence-corrected chi connectivity index (χ1v) is 11.6. The van der Waals surface area contributed by atoms with E-state index in [-0.39, 0.29) is 21.8 Å². The molecule has 4 rings (SSSR count). The molecule has 1 aliphatic rings. The Morgan fingerprint density at radius 2 is 1.84 bits per heavy atom. The van der Waals surface area contributed by atoms with E-state index in [9.17, 15) is 13.6 Å². The van der Waals surface area contributed by atoms with E-state index >= 15 is 0 Å². The van der Waals surface area contributed by atoms with Crippen molar-refractivity contribution in [2.45, 2.75) is 25.7 Å². The van der Waals surface area contributed by atoms with E-state index in [4.69, 9.17) is 23.2 Å². The molecule has 0 aliphatic carbocycles. The maximum Gasteiger partial charge on any atom is 0.253 e. The average Bonchev–Trinajstić information content (AvgIpc) is 3.19. The molecule has 0 atom stereocenters. The maximum atomic E-state index is 13.6. The second kappa shape index (κ2) is 10.2. The smallest absolute Gasteiger partial charge is 0.253 e. The highest BCUT2D eigenvalue weighted by atomic mass is 35.5. The van der Waals surface area contributed by atoms with Gasteiger partial charge in [-0.05, 0) is 80.6 Å². The number of nitrogens with zero attached hydrogens (tertiary/aromatic N) is 1. The van der Waals surface area contributed by atoms with Crippen molar-refractivity contribution in [3.63, 3.8) is 0 Å². The standard InChI is InChI=1S/C24H25Cl2F2N3O/c25-20-10-17(11-21(26)23(20)28)24(32)31-8-5-15(6-9-31)13-29-7-1-2-16-14-30-22-4-3-18(27)12-19(16)22/h3-4,10-12,14-15,29-30H,1-2,5-9,13H2. The molecule has 0 radical (unpaired) electrons. The summed E-state index contributed by atoms with van der Waals surface area (Å²) in [4.78, 5) is 17.7. The Bertz CT molecular complexity index is 1090. The van der Waals surface area contributed by atoms with E-state index in [1.807, 2.05) is 6.20 Å². The van der Waals surface area contributed by atoms with Crippen LogP contribution in [0, 0.1) is 17.6 Å². The zero-order valence-electron chi connectivity index (χ0n) is 17.6. The van der Waals surface area contributed by atoms with Crippen molar-refractivity contribution in [1.29, 1.82) is 0 Å². The van der Waals surface area contributed by atoms with Crippen molar-refractivity contribution in [2.75, 3.05) is 26.2 Å². The number of rotatable bonds is 7. The summed E-state index contributed by atoms with van der Waals surface area (Å²) >= 11 is 11.6. The normalized spacial score (nSPS) is 14.9. The van der Waals surface area contributed by atoms with Crippen molar-refractivity contribution < 1.29 is 13.6 Å². The van der Waals surface area contributed by atoms with Gasteiger partial charge in [0.25, 0.3) is 5.91 Å². The zero-order chi connectivity index (χ0) is 22.7. The van der Waals surface area contributed by atoms with Gasteiger partial charge in [-0.3, -0.25) is 4.79 Å². The van der Waals surface area contributed by atoms with Crippen LogP contribution in [0.4, 0.5) is 8.78 Å². The van der Waals surface area contributed by atoms with Crippen LogP contribution in [-0.2, 0) is 6.42 Å². The molecule has 1 amide bonds. The third kappa shape index (κ3) is 5.25. The van der Waals surface area contributed by atoms with Crippen LogP contribution >= 0.6 is 23.2 Å². The van der Waals surface area contributed by atoms with Crippen LogP contribution in [0.5, 0.6) is 0 Å². The summed E-state index contributed by atoms with van der Waals surface area (Å²) in [6.07, 6.45) is 5.61. The van der Waals surface area contributed by atoms with Crippen LogP contribution in [0.2, 0.25) is 10.0 Å². The molecule has 0 bridgehead atoms. The van der Waals surface area contributed by atoms with Gasteiger partial charge < -0.3 is 15.2 Å². The van der Waals surface area contributed by atoms with Gasteiger partial charge in [-0.1, -0.05) is 23.2 Å². The molecule has 8 heteroatoms. The minimum absolute atomic E-state index is 0.141. The molecule has 2 aromatic carbocycles. The Labute approximate surface area is 195 Å². The molecule has 1 aromatic heterocycles. The number of halogens is 4. The van der Waals surface area contributed by atoms with Gasteiger partial charge in [0.05, 0.1) is 10.0 Å². The summed E-state index contributed by atoms with van der Waals surface area (Å²) in [5.41, 5.74) is 2.41. The van der Waals surface area contributed by atoms with Gasteiger partial charge >= 0.3 is 0 Å². The van der Waals surface area contributed by atoms with Crippen LogP contribution in [0.3, 0.4) is 0 Å². The summed E-state index contributed by atoms with van der Waals surface area (Å²) in [7, 11) is 0. The second-order valence-corrected chi connectivity index (χ2v) is 9.12. The molecule has 0 saturated carbocycles. The Balaban J connectivity index is 1.18. The number of amides is 1. The summed E-state index contributed by atoms with van der Waals surface area (Å²) in [5, 5.41) is 4.18. The Morgan fingerprint density at radius 3 is 2.56 bits per heavy atom. The van der Waals surface area contributed by atoms with Gasteiger partial charge in [-0.2, -0.15) is 0 Å². The topological polar surface area (TPSA) is 48.1 Å². The molecule has 1 fully saturated rings. The van der Waals surface area contributed by atoms with Gasteiger partial charge in [0.15, 0.2) is 5.82 Å². The van der Waals surface area contributed by atoms with E-state index in [2.05, 4.69) is 10.3 Å². The lowest BCUT2D eigenvalue weighted by Gasteiger charge is -2.32. The molecule has 3 aromatic rings. The monoisotopic (exact) mass is 479 g/mol. The average molecular weight is 480 g/mol. The Kier molecular flexibility index (Phi) is 7.33. The van der Waals surface area contributed by atoms with Gasteiger partial charge in [0.1, 0.15) is 5.82 Å². The quantitative estimate of drug-likeness (QED) is 0.330. The van der Waals surface area contributed by atoms with Crippen molar-refractivity contribution in [3.05, 3.63) is 69.3 Å². The number of aromatic nitrogens is 1. The maximum absolute atomic E-state index is 13.6. The molecule has 1 aliphatic heterocycles. The molecule has 4 nitrogen and oxygen atoms in total. The number of aryl methyl sites for hydroxylation is 1. The number of H-pyrrole nitrogens is 1. The number of fused-ring (bicyclic) bond motifs is 1. The Morgan fingerprint density at radius 1 is 1.12 bits per heavy atom. The molecular formula is C24H25Cl2F2N3O. The number of likely N-dealkylation sites (tertiary alicyclic amines) is 1. The minimum atomic E-state index is -0.702. The molecule has 0 spiro atoms. The van der Waals surface area contributed by atoms with E-state index in [0.717, 1.165) is 55.2 Å². The van der Waals surface area contributed by atoms with E-state index < -0.39 is 5.82 Å². The van der Waals surface area contributed by atoms with Gasteiger partial charge in [0.2, 0.25) is 0 Å². The highest BCUT2D eigenvalue weighted by molar-refractivity contribution is 6.35. The predicted molar refractivity (Wildman–Crippen MR) is 124 cm³/mol. The van der Waals surface area contributed by atoms with Gasteiger partial charge in [-0.15, -0.1) is 0 Å². The molecular weight excluding hydrogens is 455 g/mol. The summed E-state index contributed by atoms with van der Waals surface area (Å²) in [5.74, 6) is -0.588. The molecule has 2 N–H and O–H groups in total. The number of carbonyl (C=O) groups excluding carboxylic acids is 1. The Hall–Kier alpha value is -2.15. The first kappa shape index (κ1) is 23.0. The number of hydrogen-bond donors (Lipinski definition) is 2. The summed E-state index contributed by atoms with van der Waals surface area (Å²) in [6, 6.07) is 7.48. The number of nitrogens with one attached hydrogen (secondary N) is 2. The lowest BCUT2D eigenvalue weighted by molar-refractivity contribution is 0.0690. The number of hydrogen-bond acceptors (Lipinski definition) is 2. The highest BCUT2D eigenvalue weighted by Crippen LogP contribution is 2.27. The summed E-state index contributed by atoms with van der Waals surface area (Å²) < 4.78 is 27.1. The van der Waals surface area contributed by atoms with Crippen LogP contribution in [0.1, 0.15) is 35.2 Å². The van der Waals surface area contributed by atoms with Crippen molar-refractivity contribution in [3.8, 4) is 0 Å². The van der Waals surface area contributed by atoms with Crippen LogP contribution in [0.15, 0.2) is 36.5 Å². The third-order valence-electron chi connectivity index (χ3n) is 6.09. The first-order valence-electron chi connectivity index (χ1n) is 10.8. The van der Waals surface area contributed by atoms with Crippen LogP contribution < -0.4 is 5.32 Å². The third-order valence-corrected chi connectivity index (χ3v) is 6.64. The van der Waals surface area contributed by atoms with Gasteiger partial charge in [-0.25, -0.2) is 8.78 Å². The zero-order valence-corrected chi connectivity index (χ0v) is 19.1. The van der Waals surface area contributed by atoms with E-state index in [1.54, 1.807) is 17.0 Å². The molecule has 0 unspecified atom stereocenters. The molecule has 2 heterocycles. The van der Waals surface area contributed by atoms with Crippen LogP contribution in [0.25, 0.3) is 10.9 Å². The number of carbonyl (C=O) groups is 1. The fraction of sp³-hybridized carbons (Fsp3) is 0.375. The van der Waals surface area contributed by atoms with Crippen molar-refractivity contribution in [2.24, 2.45) is 5.92 Å². The number of piperidine rings is 1. The fourth-order valence-electron chi connectivity index (χ4n) is 4.27. The predicted octanol–water partition coefficient (Wildman–Crippen LogP) is 5.83. The van der Waals surface area contributed by atoms with E-state index in [0.29, 0.717) is 24.6 Å².